The minimum Gasteiger partial charge on any atom is -0.495 e. The van der Waals surface area contributed by atoms with Gasteiger partial charge in [-0.1, -0.05) is 23.7 Å². The highest BCUT2D eigenvalue weighted by atomic mass is 35.5. The molecule has 0 radical (unpaired) electrons. The van der Waals surface area contributed by atoms with Gasteiger partial charge in [-0.3, -0.25) is 9.59 Å². The minimum atomic E-state index is -0.388. The molecule has 0 aliphatic carbocycles. The van der Waals surface area contributed by atoms with Crippen molar-refractivity contribution in [3.63, 3.8) is 0 Å². The molecule has 0 heterocycles. The van der Waals surface area contributed by atoms with Gasteiger partial charge in [-0.05, 0) is 30.3 Å². The largest absolute Gasteiger partial charge is 0.495 e. The molecule has 6 heteroatoms. The summed E-state index contributed by atoms with van der Waals surface area (Å²) < 4.78 is 10.5. The summed E-state index contributed by atoms with van der Waals surface area (Å²) >= 11 is 5.94. The van der Waals surface area contributed by atoms with E-state index in [4.69, 9.17) is 21.1 Å². The Morgan fingerprint density at radius 2 is 2.00 bits per heavy atom. The third kappa shape index (κ3) is 3.99. The zero-order chi connectivity index (χ0) is 15.9. The van der Waals surface area contributed by atoms with Crippen molar-refractivity contribution >= 4 is 29.5 Å². The molecule has 0 atom stereocenters. The van der Waals surface area contributed by atoms with Crippen LogP contribution in [0.1, 0.15) is 10.4 Å². The fourth-order valence-electron chi connectivity index (χ4n) is 1.79. The minimum absolute atomic E-state index is 0.210. The fraction of sp³-hybridized carbons (Fsp3) is 0.125. The molecule has 0 saturated heterocycles. The van der Waals surface area contributed by atoms with Gasteiger partial charge in [0.2, 0.25) is 0 Å². The highest BCUT2D eigenvalue weighted by Crippen LogP contribution is 2.25. The molecule has 114 valence electrons. The highest BCUT2D eigenvalue weighted by Gasteiger charge is 2.10. The van der Waals surface area contributed by atoms with Crippen LogP contribution in [-0.2, 0) is 4.79 Å². The molecule has 2 rings (SSSR count). The first-order valence-corrected chi connectivity index (χ1v) is 6.82. The summed E-state index contributed by atoms with van der Waals surface area (Å²) in [4.78, 5) is 22.7. The van der Waals surface area contributed by atoms with Crippen molar-refractivity contribution in [3.05, 3.63) is 53.1 Å². The molecule has 0 aliphatic rings. The molecule has 0 spiro atoms. The van der Waals surface area contributed by atoms with E-state index in [1.807, 2.05) is 0 Å². The summed E-state index contributed by atoms with van der Waals surface area (Å²) in [6.45, 7) is -0.210. The number of ether oxygens (including phenoxy) is 2. The van der Waals surface area contributed by atoms with Gasteiger partial charge in [0, 0.05) is 5.56 Å². The van der Waals surface area contributed by atoms with E-state index in [9.17, 15) is 9.59 Å². The Morgan fingerprint density at radius 1 is 1.23 bits per heavy atom. The number of para-hydroxylation sites is 1. The number of nitrogens with one attached hydrogen (secondary N) is 1. The zero-order valence-corrected chi connectivity index (χ0v) is 12.6. The van der Waals surface area contributed by atoms with Crippen LogP contribution in [0, 0.1) is 0 Å². The molecule has 1 amide bonds. The lowest BCUT2D eigenvalue weighted by Crippen LogP contribution is -2.20. The van der Waals surface area contributed by atoms with E-state index in [2.05, 4.69) is 5.32 Å². The second-order valence-corrected chi connectivity index (χ2v) is 4.75. The summed E-state index contributed by atoms with van der Waals surface area (Å²) in [5, 5.41) is 3.06. The van der Waals surface area contributed by atoms with Crippen LogP contribution in [0.4, 0.5) is 5.69 Å². The number of aldehydes is 1. The summed E-state index contributed by atoms with van der Waals surface area (Å²) in [5.41, 5.74) is 0.836. The number of anilines is 1. The van der Waals surface area contributed by atoms with Gasteiger partial charge in [-0.25, -0.2) is 0 Å². The van der Waals surface area contributed by atoms with Crippen LogP contribution in [0.25, 0.3) is 0 Å². The molecular formula is C16H14ClNO4. The molecule has 0 fully saturated rings. The lowest BCUT2D eigenvalue weighted by Gasteiger charge is -2.11. The summed E-state index contributed by atoms with van der Waals surface area (Å²) in [6.07, 6.45) is 0.690. The lowest BCUT2D eigenvalue weighted by atomic mass is 10.2. The van der Waals surface area contributed by atoms with E-state index >= 15 is 0 Å². The summed E-state index contributed by atoms with van der Waals surface area (Å²) in [5.74, 6) is 0.492. The Kier molecular flexibility index (Phi) is 5.38. The lowest BCUT2D eigenvalue weighted by molar-refractivity contribution is -0.118. The number of hydrogen-bond donors (Lipinski definition) is 1. The number of amides is 1. The maximum Gasteiger partial charge on any atom is 0.262 e. The number of benzene rings is 2. The Hall–Kier alpha value is -2.53. The molecule has 1 N–H and O–H groups in total. The third-order valence-electron chi connectivity index (χ3n) is 2.83. The first-order valence-electron chi connectivity index (χ1n) is 6.44. The number of carbonyl (C=O) groups is 2. The maximum atomic E-state index is 11.9. The van der Waals surface area contributed by atoms with Crippen molar-refractivity contribution in [3.8, 4) is 11.5 Å². The molecule has 2 aromatic rings. The average molecular weight is 320 g/mol. The van der Waals surface area contributed by atoms with Gasteiger partial charge < -0.3 is 14.8 Å². The molecule has 22 heavy (non-hydrogen) atoms. The standard InChI is InChI=1S/C16H14ClNO4/c1-21-15-7-6-11(9-19)8-13(15)18-16(20)10-22-14-5-3-2-4-12(14)17/h2-9H,10H2,1H3,(H,18,20). The molecule has 0 bridgehead atoms. The van der Waals surface area contributed by atoms with Gasteiger partial charge in [0.15, 0.2) is 6.61 Å². The Balaban J connectivity index is 2.03. The van der Waals surface area contributed by atoms with Crippen LogP contribution in [0.2, 0.25) is 5.02 Å². The molecule has 0 aromatic heterocycles. The number of hydrogen-bond acceptors (Lipinski definition) is 4. The van der Waals surface area contributed by atoms with Crippen molar-refractivity contribution in [2.24, 2.45) is 0 Å². The SMILES string of the molecule is COc1ccc(C=O)cc1NC(=O)COc1ccccc1Cl. The molecule has 5 nitrogen and oxygen atoms in total. The van der Waals surface area contributed by atoms with Crippen LogP contribution in [0.15, 0.2) is 42.5 Å². The predicted molar refractivity (Wildman–Crippen MR) is 84.0 cm³/mol. The fourth-order valence-corrected chi connectivity index (χ4v) is 1.98. The molecule has 0 unspecified atom stereocenters. The molecule has 2 aromatic carbocycles. The van der Waals surface area contributed by atoms with Crippen molar-refractivity contribution in [2.45, 2.75) is 0 Å². The first kappa shape index (κ1) is 15.9. The van der Waals surface area contributed by atoms with E-state index in [0.717, 1.165) is 0 Å². The highest BCUT2D eigenvalue weighted by molar-refractivity contribution is 6.32. The van der Waals surface area contributed by atoms with Crippen LogP contribution < -0.4 is 14.8 Å². The summed E-state index contributed by atoms with van der Waals surface area (Å²) in [6, 6.07) is 11.6. The Labute approximate surface area is 132 Å². The zero-order valence-electron chi connectivity index (χ0n) is 11.8. The van der Waals surface area contributed by atoms with Gasteiger partial charge in [-0.2, -0.15) is 0 Å². The van der Waals surface area contributed by atoms with Gasteiger partial charge >= 0.3 is 0 Å². The van der Waals surface area contributed by atoms with E-state index in [-0.39, 0.29) is 12.5 Å². The summed E-state index contributed by atoms with van der Waals surface area (Å²) in [7, 11) is 1.48. The van der Waals surface area contributed by atoms with Crippen molar-refractivity contribution < 1.29 is 19.1 Å². The number of halogens is 1. The number of rotatable bonds is 6. The van der Waals surface area contributed by atoms with Crippen molar-refractivity contribution in [2.75, 3.05) is 19.0 Å². The van der Waals surface area contributed by atoms with Gasteiger partial charge in [-0.15, -0.1) is 0 Å². The van der Waals surface area contributed by atoms with Crippen LogP contribution >= 0.6 is 11.6 Å². The first-order chi connectivity index (χ1) is 10.6. The van der Waals surface area contributed by atoms with Gasteiger partial charge in [0.25, 0.3) is 5.91 Å². The Bertz CT molecular complexity index is 688. The Morgan fingerprint density at radius 3 is 2.68 bits per heavy atom. The van der Waals surface area contributed by atoms with E-state index < -0.39 is 0 Å². The molecule has 0 saturated carbocycles. The van der Waals surface area contributed by atoms with E-state index in [1.165, 1.54) is 13.2 Å². The van der Waals surface area contributed by atoms with E-state index in [1.54, 1.807) is 36.4 Å². The van der Waals surface area contributed by atoms with Crippen LogP contribution in [0.5, 0.6) is 11.5 Å². The number of methoxy groups -OCH3 is 1. The van der Waals surface area contributed by atoms with Crippen LogP contribution in [0.3, 0.4) is 0 Å². The second kappa shape index (κ2) is 7.47. The third-order valence-corrected chi connectivity index (χ3v) is 3.14. The van der Waals surface area contributed by atoms with Crippen molar-refractivity contribution in [1.82, 2.24) is 0 Å². The topological polar surface area (TPSA) is 64.6 Å². The van der Waals surface area contributed by atoms with E-state index in [0.29, 0.717) is 34.1 Å². The van der Waals surface area contributed by atoms with Crippen molar-refractivity contribution in [1.29, 1.82) is 0 Å². The normalized spacial score (nSPS) is 9.91. The monoisotopic (exact) mass is 319 g/mol. The van der Waals surface area contributed by atoms with Gasteiger partial charge in [0.1, 0.15) is 17.8 Å². The van der Waals surface area contributed by atoms with Crippen LogP contribution in [-0.4, -0.2) is 25.9 Å². The smallest absolute Gasteiger partial charge is 0.262 e. The maximum absolute atomic E-state index is 11.9. The molecular weight excluding hydrogens is 306 g/mol. The molecule has 0 aliphatic heterocycles. The number of carbonyl (C=O) groups excluding carboxylic acids is 2. The van der Waals surface area contributed by atoms with Gasteiger partial charge in [0.05, 0.1) is 17.8 Å². The average Bonchev–Trinajstić information content (AvgIpc) is 2.54. The quantitative estimate of drug-likeness (QED) is 0.831. The predicted octanol–water partition coefficient (Wildman–Crippen LogP) is 3.18. The second-order valence-electron chi connectivity index (χ2n) is 4.34.